The fourth-order valence-corrected chi connectivity index (χ4v) is 3.07. The lowest BCUT2D eigenvalue weighted by Crippen LogP contribution is -2.36. The average molecular weight is 292 g/mol. The number of hydrogen-bond acceptors (Lipinski definition) is 3. The molecule has 20 heavy (non-hydrogen) atoms. The molecule has 0 aromatic heterocycles. The number of amides is 1. The molecule has 1 N–H and O–H groups in total. The zero-order chi connectivity index (χ0) is 14.2. The second-order valence-corrected chi connectivity index (χ2v) is 6.21. The third kappa shape index (κ3) is 4.53. The summed E-state index contributed by atoms with van der Waals surface area (Å²) in [6.07, 6.45) is 4.92. The number of rotatable bonds is 8. The Bertz CT molecular complexity index is 410. The standard InChI is InChI=1S/C16H24N2OS/c1-20-12-11-18-15(7-8-16(18)19)9-10-17-13-14-5-3-2-4-6-14/h2-6,15,17H,7-13H2,1H3. The molecule has 1 atom stereocenters. The highest BCUT2D eigenvalue weighted by molar-refractivity contribution is 7.98. The summed E-state index contributed by atoms with van der Waals surface area (Å²) < 4.78 is 0. The van der Waals surface area contributed by atoms with Gasteiger partial charge in [-0.3, -0.25) is 4.79 Å². The van der Waals surface area contributed by atoms with Gasteiger partial charge in [0.25, 0.3) is 0 Å². The summed E-state index contributed by atoms with van der Waals surface area (Å²) in [7, 11) is 0. The zero-order valence-electron chi connectivity index (χ0n) is 12.2. The molecule has 1 aliphatic heterocycles. The fraction of sp³-hybridized carbons (Fsp3) is 0.562. The van der Waals surface area contributed by atoms with Crippen molar-refractivity contribution in [3.05, 3.63) is 35.9 Å². The number of hydrogen-bond donors (Lipinski definition) is 1. The maximum atomic E-state index is 11.8. The quantitative estimate of drug-likeness (QED) is 0.747. The van der Waals surface area contributed by atoms with Crippen molar-refractivity contribution in [2.24, 2.45) is 0 Å². The summed E-state index contributed by atoms with van der Waals surface area (Å²) in [6.45, 7) is 2.79. The van der Waals surface area contributed by atoms with Crippen LogP contribution in [0.4, 0.5) is 0 Å². The molecule has 1 saturated heterocycles. The van der Waals surface area contributed by atoms with E-state index in [4.69, 9.17) is 0 Å². The Hall–Kier alpha value is -1.00. The van der Waals surface area contributed by atoms with Crippen LogP contribution in [0.2, 0.25) is 0 Å². The zero-order valence-corrected chi connectivity index (χ0v) is 13.0. The van der Waals surface area contributed by atoms with E-state index in [0.717, 1.165) is 44.6 Å². The molecule has 1 aromatic carbocycles. The van der Waals surface area contributed by atoms with Crippen LogP contribution >= 0.6 is 11.8 Å². The van der Waals surface area contributed by atoms with E-state index in [9.17, 15) is 4.79 Å². The first-order valence-corrected chi connectivity index (χ1v) is 8.73. The Labute approximate surface area is 126 Å². The predicted octanol–water partition coefficient (Wildman–Crippen LogP) is 2.52. The van der Waals surface area contributed by atoms with Gasteiger partial charge in [-0.2, -0.15) is 11.8 Å². The molecule has 1 amide bonds. The van der Waals surface area contributed by atoms with Gasteiger partial charge in [0.05, 0.1) is 0 Å². The van der Waals surface area contributed by atoms with E-state index in [1.54, 1.807) is 0 Å². The van der Waals surface area contributed by atoms with E-state index in [1.165, 1.54) is 5.56 Å². The van der Waals surface area contributed by atoms with E-state index < -0.39 is 0 Å². The van der Waals surface area contributed by atoms with Gasteiger partial charge < -0.3 is 10.2 Å². The van der Waals surface area contributed by atoms with Crippen molar-refractivity contribution >= 4 is 17.7 Å². The highest BCUT2D eigenvalue weighted by Crippen LogP contribution is 2.21. The van der Waals surface area contributed by atoms with E-state index >= 15 is 0 Å². The summed E-state index contributed by atoms with van der Waals surface area (Å²) in [6, 6.07) is 10.9. The topological polar surface area (TPSA) is 32.3 Å². The van der Waals surface area contributed by atoms with Gasteiger partial charge in [0.1, 0.15) is 0 Å². The Morgan fingerprint density at radius 1 is 1.35 bits per heavy atom. The predicted molar refractivity (Wildman–Crippen MR) is 85.9 cm³/mol. The first-order valence-electron chi connectivity index (χ1n) is 7.34. The van der Waals surface area contributed by atoms with Crippen molar-refractivity contribution in [1.82, 2.24) is 10.2 Å². The van der Waals surface area contributed by atoms with E-state index in [2.05, 4.69) is 40.7 Å². The van der Waals surface area contributed by atoms with Crippen molar-refractivity contribution in [1.29, 1.82) is 0 Å². The normalized spacial score (nSPS) is 18.8. The summed E-state index contributed by atoms with van der Waals surface area (Å²) in [5, 5.41) is 3.48. The van der Waals surface area contributed by atoms with Crippen LogP contribution in [-0.4, -0.2) is 41.9 Å². The second kappa shape index (κ2) is 8.32. The smallest absolute Gasteiger partial charge is 0.222 e. The van der Waals surface area contributed by atoms with Gasteiger partial charge in [-0.05, 0) is 31.2 Å². The van der Waals surface area contributed by atoms with Crippen LogP contribution in [0.25, 0.3) is 0 Å². The van der Waals surface area contributed by atoms with Crippen molar-refractivity contribution in [3.63, 3.8) is 0 Å². The van der Waals surface area contributed by atoms with Crippen molar-refractivity contribution < 1.29 is 4.79 Å². The molecule has 1 aromatic rings. The maximum Gasteiger partial charge on any atom is 0.222 e. The van der Waals surface area contributed by atoms with Crippen LogP contribution in [0.5, 0.6) is 0 Å². The molecule has 0 radical (unpaired) electrons. The fourth-order valence-electron chi connectivity index (χ4n) is 2.69. The highest BCUT2D eigenvalue weighted by Gasteiger charge is 2.29. The Kier molecular flexibility index (Phi) is 6.40. The van der Waals surface area contributed by atoms with Gasteiger partial charge in [-0.25, -0.2) is 0 Å². The van der Waals surface area contributed by atoms with Crippen molar-refractivity contribution in [2.75, 3.05) is 25.1 Å². The maximum absolute atomic E-state index is 11.8. The third-order valence-corrected chi connectivity index (χ3v) is 4.41. The third-order valence-electron chi connectivity index (χ3n) is 3.82. The minimum atomic E-state index is 0.340. The number of nitrogens with zero attached hydrogens (tertiary/aromatic N) is 1. The SMILES string of the molecule is CSCCN1C(=O)CCC1CCNCc1ccccc1. The van der Waals surface area contributed by atoms with Crippen LogP contribution in [0.1, 0.15) is 24.8 Å². The monoisotopic (exact) mass is 292 g/mol. The molecule has 0 aliphatic carbocycles. The molecular weight excluding hydrogens is 268 g/mol. The summed E-state index contributed by atoms with van der Waals surface area (Å²) in [4.78, 5) is 13.9. The Balaban J connectivity index is 1.69. The van der Waals surface area contributed by atoms with E-state index in [1.807, 2.05) is 17.8 Å². The van der Waals surface area contributed by atoms with E-state index in [-0.39, 0.29) is 0 Å². The molecule has 110 valence electrons. The molecule has 0 saturated carbocycles. The largest absolute Gasteiger partial charge is 0.339 e. The molecule has 1 unspecified atom stereocenters. The van der Waals surface area contributed by atoms with Crippen molar-refractivity contribution in [3.8, 4) is 0 Å². The lowest BCUT2D eigenvalue weighted by atomic mass is 10.1. The van der Waals surface area contributed by atoms with Crippen LogP contribution in [-0.2, 0) is 11.3 Å². The van der Waals surface area contributed by atoms with Gasteiger partial charge in [0, 0.05) is 31.3 Å². The molecule has 4 heteroatoms. The van der Waals surface area contributed by atoms with Gasteiger partial charge in [-0.1, -0.05) is 30.3 Å². The van der Waals surface area contributed by atoms with Crippen LogP contribution < -0.4 is 5.32 Å². The molecule has 1 aliphatic rings. The number of nitrogens with one attached hydrogen (secondary N) is 1. The van der Waals surface area contributed by atoms with E-state index in [0.29, 0.717) is 11.9 Å². The molecule has 0 spiro atoms. The molecule has 1 fully saturated rings. The molecular formula is C16H24N2OS. The Morgan fingerprint density at radius 3 is 2.90 bits per heavy atom. The molecule has 3 nitrogen and oxygen atoms in total. The summed E-state index contributed by atoms with van der Waals surface area (Å²) in [5.41, 5.74) is 1.31. The first kappa shape index (κ1) is 15.4. The van der Waals surface area contributed by atoms with Gasteiger partial charge in [-0.15, -0.1) is 0 Å². The van der Waals surface area contributed by atoms with Crippen molar-refractivity contribution in [2.45, 2.75) is 31.8 Å². The van der Waals surface area contributed by atoms with Crippen LogP contribution in [0.3, 0.4) is 0 Å². The first-order chi connectivity index (χ1) is 9.81. The second-order valence-electron chi connectivity index (χ2n) is 5.22. The Morgan fingerprint density at radius 2 is 2.15 bits per heavy atom. The number of thioether (sulfide) groups is 1. The summed E-state index contributed by atoms with van der Waals surface area (Å²) >= 11 is 1.81. The lowest BCUT2D eigenvalue weighted by Gasteiger charge is -2.24. The highest BCUT2D eigenvalue weighted by atomic mass is 32.2. The summed E-state index contributed by atoms with van der Waals surface area (Å²) in [5.74, 6) is 1.38. The minimum absolute atomic E-state index is 0.340. The molecule has 0 bridgehead atoms. The number of carbonyl (C=O) groups is 1. The molecule has 2 rings (SSSR count). The van der Waals surface area contributed by atoms with Crippen LogP contribution in [0.15, 0.2) is 30.3 Å². The number of likely N-dealkylation sites (tertiary alicyclic amines) is 1. The van der Waals surface area contributed by atoms with Gasteiger partial charge in [0.2, 0.25) is 5.91 Å². The molecule has 1 heterocycles. The minimum Gasteiger partial charge on any atom is -0.339 e. The van der Waals surface area contributed by atoms with Gasteiger partial charge in [0.15, 0.2) is 0 Å². The van der Waals surface area contributed by atoms with Gasteiger partial charge >= 0.3 is 0 Å². The number of carbonyl (C=O) groups excluding carboxylic acids is 1. The van der Waals surface area contributed by atoms with Crippen LogP contribution in [0, 0.1) is 0 Å². The average Bonchev–Trinajstić information content (AvgIpc) is 2.83. The number of benzene rings is 1. The lowest BCUT2D eigenvalue weighted by molar-refractivity contribution is -0.128.